The Morgan fingerprint density at radius 3 is 2.79 bits per heavy atom. The lowest BCUT2D eigenvalue weighted by molar-refractivity contribution is -0.113. The lowest BCUT2D eigenvalue weighted by Gasteiger charge is -2.09. The molecular formula is C19H17N5O2S2. The average Bonchev–Trinajstić information content (AvgIpc) is 3.43. The van der Waals surface area contributed by atoms with Crippen molar-refractivity contribution in [3.8, 4) is 11.6 Å². The summed E-state index contributed by atoms with van der Waals surface area (Å²) >= 11 is 2.78. The van der Waals surface area contributed by atoms with Crippen LogP contribution in [0.1, 0.15) is 10.4 Å². The van der Waals surface area contributed by atoms with Gasteiger partial charge in [-0.25, -0.2) is 4.98 Å². The summed E-state index contributed by atoms with van der Waals surface area (Å²) in [6.07, 6.45) is 3.34. The molecule has 0 unspecified atom stereocenters. The molecule has 4 aromatic rings. The van der Waals surface area contributed by atoms with Crippen LogP contribution in [0.4, 0.5) is 5.13 Å². The van der Waals surface area contributed by atoms with Crippen LogP contribution in [0.2, 0.25) is 0 Å². The Bertz CT molecular complexity index is 1060. The second-order valence-corrected chi connectivity index (χ2v) is 8.15. The maximum Gasteiger partial charge on any atom is 0.236 e. The van der Waals surface area contributed by atoms with Gasteiger partial charge in [-0.1, -0.05) is 42.1 Å². The number of hydrogen-bond donors (Lipinski definition) is 1. The number of aromatic nitrogens is 4. The van der Waals surface area contributed by atoms with Gasteiger partial charge in [0.15, 0.2) is 16.0 Å². The van der Waals surface area contributed by atoms with Crippen molar-refractivity contribution in [3.63, 3.8) is 0 Å². The number of nitrogens with zero attached hydrogens (tertiary/aromatic N) is 4. The van der Waals surface area contributed by atoms with Gasteiger partial charge in [0, 0.05) is 11.1 Å². The molecule has 9 heteroatoms. The molecule has 0 saturated heterocycles. The Labute approximate surface area is 169 Å². The van der Waals surface area contributed by atoms with Crippen LogP contribution in [-0.4, -0.2) is 31.4 Å². The van der Waals surface area contributed by atoms with Gasteiger partial charge in [-0.15, -0.1) is 21.5 Å². The molecule has 7 nitrogen and oxygen atoms in total. The molecule has 1 aromatic carbocycles. The molecule has 0 aliphatic carbocycles. The van der Waals surface area contributed by atoms with E-state index in [1.807, 2.05) is 54.0 Å². The summed E-state index contributed by atoms with van der Waals surface area (Å²) in [5.41, 5.74) is 1.11. The van der Waals surface area contributed by atoms with Crippen LogP contribution >= 0.6 is 23.1 Å². The fraction of sp³-hybridized carbons (Fsp3) is 0.158. The standard InChI is InChI=1S/C19H17N5O2S2/c1-13-10-20-18(28-13)21-16(25)12-27-19-23-22-17(15-8-5-9-26-15)24(19)11-14-6-3-2-4-7-14/h2-10H,11-12H2,1H3,(H,20,21,25). The van der Waals surface area contributed by atoms with E-state index in [0.717, 1.165) is 10.4 Å². The van der Waals surface area contributed by atoms with Gasteiger partial charge < -0.3 is 9.73 Å². The van der Waals surface area contributed by atoms with Crippen LogP contribution in [0.5, 0.6) is 0 Å². The number of thioether (sulfide) groups is 1. The van der Waals surface area contributed by atoms with Crippen LogP contribution in [0.15, 0.2) is 64.5 Å². The summed E-state index contributed by atoms with van der Waals surface area (Å²) < 4.78 is 7.46. The highest BCUT2D eigenvalue weighted by Crippen LogP contribution is 2.26. The van der Waals surface area contributed by atoms with Crippen molar-refractivity contribution in [1.82, 2.24) is 19.7 Å². The van der Waals surface area contributed by atoms with E-state index in [-0.39, 0.29) is 11.7 Å². The molecule has 3 heterocycles. The zero-order valence-corrected chi connectivity index (χ0v) is 16.7. The number of benzene rings is 1. The third kappa shape index (κ3) is 4.32. The summed E-state index contributed by atoms with van der Waals surface area (Å²) in [5, 5.41) is 12.6. The third-order valence-corrected chi connectivity index (χ3v) is 5.64. The van der Waals surface area contributed by atoms with Gasteiger partial charge >= 0.3 is 0 Å². The average molecular weight is 412 g/mol. The number of hydrogen-bond acceptors (Lipinski definition) is 7. The first-order valence-corrected chi connectivity index (χ1v) is 10.4. The number of carbonyl (C=O) groups excluding carboxylic acids is 1. The number of rotatable bonds is 7. The van der Waals surface area contributed by atoms with Gasteiger partial charge in [0.2, 0.25) is 11.7 Å². The largest absolute Gasteiger partial charge is 0.461 e. The molecule has 142 valence electrons. The normalized spacial score (nSPS) is 10.9. The van der Waals surface area contributed by atoms with Gasteiger partial charge in [0.25, 0.3) is 0 Å². The first kappa shape index (κ1) is 18.5. The fourth-order valence-electron chi connectivity index (χ4n) is 2.59. The van der Waals surface area contributed by atoms with Crippen molar-refractivity contribution in [2.24, 2.45) is 0 Å². The number of furan rings is 1. The van der Waals surface area contributed by atoms with E-state index >= 15 is 0 Å². The molecule has 0 atom stereocenters. The van der Waals surface area contributed by atoms with E-state index in [2.05, 4.69) is 20.5 Å². The van der Waals surface area contributed by atoms with Crippen LogP contribution in [0.25, 0.3) is 11.6 Å². The highest BCUT2D eigenvalue weighted by molar-refractivity contribution is 7.99. The molecule has 3 aromatic heterocycles. The Kier molecular flexibility index (Phi) is 5.54. The molecule has 0 fully saturated rings. The fourth-order valence-corrected chi connectivity index (χ4v) is 4.01. The molecule has 0 radical (unpaired) electrons. The summed E-state index contributed by atoms with van der Waals surface area (Å²) in [5.74, 6) is 1.35. The number of aryl methyl sites for hydroxylation is 1. The summed E-state index contributed by atoms with van der Waals surface area (Å²) in [7, 11) is 0. The van der Waals surface area contributed by atoms with E-state index in [0.29, 0.717) is 28.4 Å². The highest BCUT2D eigenvalue weighted by atomic mass is 32.2. The molecular weight excluding hydrogens is 394 g/mol. The van der Waals surface area contributed by atoms with E-state index < -0.39 is 0 Å². The minimum Gasteiger partial charge on any atom is -0.461 e. The molecule has 28 heavy (non-hydrogen) atoms. The Morgan fingerprint density at radius 2 is 2.07 bits per heavy atom. The van der Waals surface area contributed by atoms with Crippen molar-refractivity contribution in [2.45, 2.75) is 18.6 Å². The molecule has 0 aliphatic rings. The van der Waals surface area contributed by atoms with Crippen molar-refractivity contribution in [1.29, 1.82) is 0 Å². The lowest BCUT2D eigenvalue weighted by atomic mass is 10.2. The van der Waals surface area contributed by atoms with Crippen molar-refractivity contribution in [2.75, 3.05) is 11.1 Å². The van der Waals surface area contributed by atoms with E-state index in [1.165, 1.54) is 23.1 Å². The number of carbonyl (C=O) groups is 1. The van der Waals surface area contributed by atoms with E-state index in [4.69, 9.17) is 4.42 Å². The number of nitrogens with one attached hydrogen (secondary N) is 1. The molecule has 0 saturated carbocycles. The van der Waals surface area contributed by atoms with Crippen molar-refractivity contribution < 1.29 is 9.21 Å². The summed E-state index contributed by atoms with van der Waals surface area (Å²) in [6, 6.07) is 13.7. The van der Waals surface area contributed by atoms with E-state index in [1.54, 1.807) is 12.5 Å². The second kappa shape index (κ2) is 8.41. The van der Waals surface area contributed by atoms with Crippen LogP contribution in [-0.2, 0) is 11.3 Å². The Balaban J connectivity index is 1.52. The topological polar surface area (TPSA) is 85.8 Å². The monoisotopic (exact) mass is 411 g/mol. The third-order valence-electron chi connectivity index (χ3n) is 3.84. The quantitative estimate of drug-likeness (QED) is 0.461. The lowest BCUT2D eigenvalue weighted by Crippen LogP contribution is -2.14. The molecule has 4 rings (SSSR count). The SMILES string of the molecule is Cc1cnc(NC(=O)CSc2nnc(-c3ccco3)n2Cc2ccccc2)s1. The molecule has 0 spiro atoms. The number of thiazole rings is 1. The second-order valence-electron chi connectivity index (χ2n) is 5.97. The van der Waals surface area contributed by atoms with E-state index in [9.17, 15) is 4.79 Å². The Hall–Kier alpha value is -2.91. The summed E-state index contributed by atoms with van der Waals surface area (Å²) in [4.78, 5) is 17.5. The molecule has 1 N–H and O–H groups in total. The minimum atomic E-state index is -0.131. The first-order valence-electron chi connectivity index (χ1n) is 8.55. The maximum atomic E-state index is 12.3. The van der Waals surface area contributed by atoms with Gasteiger partial charge in [0.05, 0.1) is 18.6 Å². The number of amides is 1. The zero-order valence-electron chi connectivity index (χ0n) is 15.0. The van der Waals surface area contributed by atoms with Crippen molar-refractivity contribution in [3.05, 3.63) is 65.4 Å². The summed E-state index contributed by atoms with van der Waals surface area (Å²) in [6.45, 7) is 2.53. The Morgan fingerprint density at radius 1 is 1.21 bits per heavy atom. The van der Waals surface area contributed by atoms with Crippen LogP contribution in [0.3, 0.4) is 0 Å². The molecule has 1 amide bonds. The van der Waals surface area contributed by atoms with Crippen molar-refractivity contribution >= 4 is 34.1 Å². The van der Waals surface area contributed by atoms with Gasteiger partial charge in [-0.05, 0) is 24.6 Å². The van der Waals surface area contributed by atoms with Gasteiger partial charge in [0.1, 0.15) is 0 Å². The number of anilines is 1. The van der Waals surface area contributed by atoms with Gasteiger partial charge in [-0.3, -0.25) is 9.36 Å². The highest BCUT2D eigenvalue weighted by Gasteiger charge is 2.18. The minimum absolute atomic E-state index is 0.131. The first-order chi connectivity index (χ1) is 13.7. The van der Waals surface area contributed by atoms with Crippen LogP contribution in [0, 0.1) is 6.92 Å². The zero-order chi connectivity index (χ0) is 19.3. The van der Waals surface area contributed by atoms with Gasteiger partial charge in [-0.2, -0.15) is 0 Å². The predicted octanol–water partition coefficient (Wildman–Crippen LogP) is 4.08. The smallest absolute Gasteiger partial charge is 0.236 e. The van der Waals surface area contributed by atoms with Crippen LogP contribution < -0.4 is 5.32 Å². The maximum absolute atomic E-state index is 12.3. The predicted molar refractivity (Wildman–Crippen MR) is 109 cm³/mol. The molecule has 0 bridgehead atoms. The molecule has 0 aliphatic heterocycles.